The summed E-state index contributed by atoms with van der Waals surface area (Å²) < 4.78 is 7.32. The van der Waals surface area contributed by atoms with Crippen LogP contribution in [0, 0.1) is 13.8 Å². The highest BCUT2D eigenvalue weighted by atomic mass is 35.5. The van der Waals surface area contributed by atoms with E-state index in [-0.39, 0.29) is 0 Å². The second-order valence-electron chi connectivity index (χ2n) is 5.06. The highest BCUT2D eigenvalue weighted by molar-refractivity contribution is 6.33. The molecule has 0 atom stereocenters. The third-order valence-corrected chi connectivity index (χ3v) is 3.81. The van der Waals surface area contributed by atoms with E-state index in [0.29, 0.717) is 22.2 Å². The van der Waals surface area contributed by atoms with E-state index >= 15 is 0 Å². The number of rotatable bonds is 2. The molecule has 0 aliphatic carbocycles. The number of ether oxygens (including phenoxy) is 1. The highest BCUT2D eigenvalue weighted by Gasteiger charge is 2.18. The zero-order chi connectivity index (χ0) is 15.1. The summed E-state index contributed by atoms with van der Waals surface area (Å²) in [7, 11) is 1.65. The molecule has 3 rings (SSSR count). The van der Waals surface area contributed by atoms with Gasteiger partial charge in [0.1, 0.15) is 17.3 Å². The van der Waals surface area contributed by atoms with Gasteiger partial charge >= 0.3 is 0 Å². The Labute approximate surface area is 128 Å². The number of imidazole rings is 1. The molecule has 3 aromatic rings. The van der Waals surface area contributed by atoms with Crippen LogP contribution >= 0.6 is 11.6 Å². The van der Waals surface area contributed by atoms with Gasteiger partial charge in [-0.1, -0.05) is 17.7 Å². The van der Waals surface area contributed by atoms with Crippen LogP contribution in [0.4, 0.5) is 5.82 Å². The molecule has 2 heterocycles. The van der Waals surface area contributed by atoms with Crippen molar-refractivity contribution in [3.63, 3.8) is 0 Å². The maximum atomic E-state index is 6.25. The first-order valence-electron chi connectivity index (χ1n) is 6.60. The summed E-state index contributed by atoms with van der Waals surface area (Å²) in [5.41, 5.74) is 10.6. The zero-order valence-corrected chi connectivity index (χ0v) is 12.9. The van der Waals surface area contributed by atoms with Gasteiger partial charge in [-0.25, -0.2) is 4.98 Å². The fourth-order valence-electron chi connectivity index (χ4n) is 2.65. The molecule has 108 valence electrons. The lowest BCUT2D eigenvalue weighted by molar-refractivity contribution is 0.413. The average molecular weight is 302 g/mol. The quantitative estimate of drug-likeness (QED) is 0.782. The summed E-state index contributed by atoms with van der Waals surface area (Å²) in [6, 6.07) is 7.74. The van der Waals surface area contributed by atoms with E-state index in [1.165, 1.54) is 0 Å². The summed E-state index contributed by atoms with van der Waals surface area (Å²) in [6.45, 7) is 4.04. The van der Waals surface area contributed by atoms with Gasteiger partial charge in [-0.15, -0.1) is 0 Å². The summed E-state index contributed by atoms with van der Waals surface area (Å²) in [5.74, 6) is 1.34. The number of nitrogens with two attached hydrogens (primary N) is 1. The minimum absolute atomic E-state index is 0.552. The van der Waals surface area contributed by atoms with Crippen molar-refractivity contribution in [3.05, 3.63) is 46.6 Å². The highest BCUT2D eigenvalue weighted by Crippen LogP contribution is 2.37. The minimum atomic E-state index is 0.552. The maximum Gasteiger partial charge on any atom is 0.157 e. The molecule has 0 bridgehead atoms. The average Bonchev–Trinajstić information content (AvgIpc) is 2.77. The standard InChI is InChI=1S/C16H16ClN3O/c1-9-7-10(2)14(21-3)11(8-9)13-15(18)20-6-4-5-12(17)16(20)19-13/h4-8H,18H2,1-3H3. The van der Waals surface area contributed by atoms with Crippen molar-refractivity contribution in [2.45, 2.75) is 13.8 Å². The van der Waals surface area contributed by atoms with Crippen LogP contribution in [0.3, 0.4) is 0 Å². The smallest absolute Gasteiger partial charge is 0.157 e. The molecule has 4 nitrogen and oxygen atoms in total. The van der Waals surface area contributed by atoms with Crippen LogP contribution < -0.4 is 10.5 Å². The molecule has 0 amide bonds. The number of pyridine rings is 1. The normalized spacial score (nSPS) is 11.0. The number of aryl methyl sites for hydroxylation is 2. The number of hydrogen-bond acceptors (Lipinski definition) is 3. The first-order chi connectivity index (χ1) is 10.0. The predicted octanol–water partition coefficient (Wildman–Crippen LogP) is 3.86. The van der Waals surface area contributed by atoms with E-state index in [4.69, 9.17) is 22.1 Å². The van der Waals surface area contributed by atoms with Crippen molar-refractivity contribution in [1.82, 2.24) is 9.38 Å². The van der Waals surface area contributed by atoms with Gasteiger partial charge in [0.25, 0.3) is 0 Å². The lowest BCUT2D eigenvalue weighted by Gasteiger charge is -2.11. The Balaban J connectivity index is 2.36. The van der Waals surface area contributed by atoms with Crippen molar-refractivity contribution in [1.29, 1.82) is 0 Å². The molecule has 0 aliphatic rings. The third kappa shape index (κ3) is 2.12. The molecule has 21 heavy (non-hydrogen) atoms. The van der Waals surface area contributed by atoms with Gasteiger partial charge < -0.3 is 10.5 Å². The molecular weight excluding hydrogens is 286 g/mol. The number of fused-ring (bicyclic) bond motifs is 1. The Bertz CT molecular complexity index is 839. The van der Waals surface area contributed by atoms with Gasteiger partial charge in [0.05, 0.1) is 12.1 Å². The Hall–Kier alpha value is -2.20. The van der Waals surface area contributed by atoms with Gasteiger partial charge in [-0.05, 0) is 43.2 Å². The lowest BCUT2D eigenvalue weighted by atomic mass is 10.0. The topological polar surface area (TPSA) is 52.5 Å². The Morgan fingerprint density at radius 1 is 1.29 bits per heavy atom. The van der Waals surface area contributed by atoms with Crippen molar-refractivity contribution in [2.24, 2.45) is 0 Å². The Morgan fingerprint density at radius 3 is 2.71 bits per heavy atom. The lowest BCUT2D eigenvalue weighted by Crippen LogP contribution is -1.97. The largest absolute Gasteiger partial charge is 0.496 e. The molecule has 0 radical (unpaired) electrons. The van der Waals surface area contributed by atoms with Gasteiger partial charge in [0.2, 0.25) is 0 Å². The molecule has 0 saturated carbocycles. The van der Waals surface area contributed by atoms with E-state index in [1.807, 2.05) is 32.2 Å². The van der Waals surface area contributed by atoms with Crippen molar-refractivity contribution < 1.29 is 4.74 Å². The van der Waals surface area contributed by atoms with Gasteiger partial charge in [-0.3, -0.25) is 4.40 Å². The molecule has 2 N–H and O–H groups in total. The van der Waals surface area contributed by atoms with E-state index in [2.05, 4.69) is 11.1 Å². The van der Waals surface area contributed by atoms with E-state index in [0.717, 1.165) is 22.4 Å². The zero-order valence-electron chi connectivity index (χ0n) is 12.1. The van der Waals surface area contributed by atoms with Crippen molar-refractivity contribution in [2.75, 3.05) is 12.8 Å². The second kappa shape index (κ2) is 4.97. The molecule has 0 aliphatic heterocycles. The second-order valence-corrected chi connectivity index (χ2v) is 5.47. The number of aromatic nitrogens is 2. The van der Waals surface area contributed by atoms with Gasteiger partial charge in [0, 0.05) is 11.8 Å². The Morgan fingerprint density at radius 2 is 2.05 bits per heavy atom. The number of benzene rings is 1. The first kappa shape index (κ1) is 13.8. The fourth-order valence-corrected chi connectivity index (χ4v) is 2.86. The van der Waals surface area contributed by atoms with Crippen LogP contribution in [-0.4, -0.2) is 16.5 Å². The van der Waals surface area contributed by atoms with Crippen molar-refractivity contribution >= 4 is 23.1 Å². The molecular formula is C16H16ClN3O. The number of nitrogens with zero attached hydrogens (tertiary/aromatic N) is 2. The summed E-state index contributed by atoms with van der Waals surface area (Å²) in [6.07, 6.45) is 1.85. The number of halogens is 1. The number of anilines is 1. The van der Waals surface area contributed by atoms with Crippen LogP contribution in [0.25, 0.3) is 16.9 Å². The van der Waals surface area contributed by atoms with Gasteiger partial charge in [-0.2, -0.15) is 0 Å². The van der Waals surface area contributed by atoms with Gasteiger partial charge in [0.15, 0.2) is 5.65 Å². The van der Waals surface area contributed by atoms with Crippen LogP contribution in [0.2, 0.25) is 5.02 Å². The molecule has 2 aromatic heterocycles. The molecule has 0 saturated heterocycles. The van der Waals surface area contributed by atoms with E-state index < -0.39 is 0 Å². The van der Waals surface area contributed by atoms with E-state index in [9.17, 15) is 0 Å². The van der Waals surface area contributed by atoms with Crippen LogP contribution in [-0.2, 0) is 0 Å². The monoisotopic (exact) mass is 301 g/mol. The molecule has 0 unspecified atom stereocenters. The molecule has 0 spiro atoms. The summed E-state index contributed by atoms with van der Waals surface area (Å²) in [5, 5.41) is 0.568. The number of methoxy groups -OCH3 is 1. The Kier molecular flexibility index (Phi) is 3.26. The maximum absolute atomic E-state index is 6.25. The fraction of sp³-hybridized carbons (Fsp3) is 0.188. The van der Waals surface area contributed by atoms with Crippen LogP contribution in [0.15, 0.2) is 30.5 Å². The molecule has 1 aromatic carbocycles. The SMILES string of the molecule is COc1c(C)cc(C)cc1-c1nc2c(Cl)cccn2c1N. The third-order valence-electron chi connectivity index (χ3n) is 3.52. The van der Waals surface area contributed by atoms with E-state index in [1.54, 1.807) is 17.6 Å². The van der Waals surface area contributed by atoms with Crippen LogP contribution in [0.1, 0.15) is 11.1 Å². The first-order valence-corrected chi connectivity index (χ1v) is 6.98. The number of nitrogen functional groups attached to an aromatic ring is 1. The van der Waals surface area contributed by atoms with Crippen molar-refractivity contribution in [3.8, 4) is 17.0 Å². The number of hydrogen-bond donors (Lipinski definition) is 1. The predicted molar refractivity (Wildman–Crippen MR) is 86.1 cm³/mol. The summed E-state index contributed by atoms with van der Waals surface area (Å²) in [4.78, 5) is 4.60. The minimum Gasteiger partial charge on any atom is -0.496 e. The summed E-state index contributed by atoms with van der Waals surface area (Å²) >= 11 is 6.20. The molecule has 5 heteroatoms. The van der Waals surface area contributed by atoms with Crippen LogP contribution in [0.5, 0.6) is 5.75 Å². The molecule has 0 fully saturated rings.